The molecule has 0 aromatic carbocycles. The van der Waals surface area contributed by atoms with E-state index in [1.54, 1.807) is 0 Å². The molecule has 3 unspecified atom stereocenters. The second kappa shape index (κ2) is 5.50. The van der Waals surface area contributed by atoms with Gasteiger partial charge in [0.1, 0.15) is 0 Å². The van der Waals surface area contributed by atoms with Gasteiger partial charge in [-0.1, -0.05) is 26.2 Å². The highest BCUT2D eigenvalue weighted by Crippen LogP contribution is 2.44. The molecule has 3 fully saturated rings. The number of hydrogen-bond donors (Lipinski definition) is 1. The Morgan fingerprint density at radius 1 is 1.17 bits per heavy atom. The molecular weight excluding hydrogens is 222 g/mol. The first-order valence-corrected chi connectivity index (χ1v) is 8.21. The Morgan fingerprint density at radius 2 is 2.00 bits per heavy atom. The van der Waals surface area contributed by atoms with Gasteiger partial charge in [0.15, 0.2) is 0 Å². The molecule has 1 aliphatic carbocycles. The minimum Gasteiger partial charge on any atom is -0.372 e. The van der Waals surface area contributed by atoms with Gasteiger partial charge in [0.2, 0.25) is 0 Å². The van der Waals surface area contributed by atoms with Crippen molar-refractivity contribution < 1.29 is 4.74 Å². The number of nitrogens with one attached hydrogen (secondary N) is 1. The lowest BCUT2D eigenvalue weighted by Gasteiger charge is -2.32. The highest BCUT2D eigenvalue weighted by atomic mass is 16.5. The van der Waals surface area contributed by atoms with Crippen LogP contribution in [0.2, 0.25) is 0 Å². The van der Waals surface area contributed by atoms with Crippen LogP contribution in [0.4, 0.5) is 0 Å². The molecule has 2 nitrogen and oxygen atoms in total. The van der Waals surface area contributed by atoms with Gasteiger partial charge in [-0.2, -0.15) is 0 Å². The zero-order valence-electron chi connectivity index (χ0n) is 11.9. The molecule has 2 saturated heterocycles. The van der Waals surface area contributed by atoms with Crippen molar-refractivity contribution in [2.24, 2.45) is 5.92 Å². The lowest BCUT2D eigenvalue weighted by atomic mass is 9.87. The molecule has 104 valence electrons. The first kappa shape index (κ1) is 12.9. The molecule has 18 heavy (non-hydrogen) atoms. The molecular formula is C16H29NO. The van der Waals surface area contributed by atoms with Gasteiger partial charge in [-0.05, 0) is 57.4 Å². The number of piperidine rings is 1. The van der Waals surface area contributed by atoms with Crippen molar-refractivity contribution in [1.82, 2.24) is 5.32 Å². The standard InChI is InChI=1S/C16H29NO/c1-2-13-6-10-17-14(11-13)12-15-5-9-16(18-15)7-3-4-8-16/h13-15,17H,2-12H2,1H3. The largest absolute Gasteiger partial charge is 0.372 e. The van der Waals surface area contributed by atoms with E-state index in [-0.39, 0.29) is 0 Å². The summed E-state index contributed by atoms with van der Waals surface area (Å²) >= 11 is 0. The van der Waals surface area contributed by atoms with Crippen LogP contribution in [-0.2, 0) is 4.74 Å². The second-order valence-electron chi connectivity index (χ2n) is 6.85. The lowest BCUT2D eigenvalue weighted by Crippen LogP contribution is -2.40. The third-order valence-electron chi connectivity index (χ3n) is 5.58. The summed E-state index contributed by atoms with van der Waals surface area (Å²) in [7, 11) is 0. The van der Waals surface area contributed by atoms with E-state index >= 15 is 0 Å². The van der Waals surface area contributed by atoms with Crippen LogP contribution in [0.15, 0.2) is 0 Å². The van der Waals surface area contributed by atoms with E-state index < -0.39 is 0 Å². The fraction of sp³-hybridized carbons (Fsp3) is 1.00. The van der Waals surface area contributed by atoms with E-state index in [2.05, 4.69) is 12.2 Å². The van der Waals surface area contributed by atoms with Crippen LogP contribution in [0, 0.1) is 5.92 Å². The number of hydrogen-bond acceptors (Lipinski definition) is 2. The maximum atomic E-state index is 6.44. The molecule has 2 heterocycles. The quantitative estimate of drug-likeness (QED) is 0.826. The van der Waals surface area contributed by atoms with Gasteiger partial charge >= 0.3 is 0 Å². The van der Waals surface area contributed by atoms with E-state index in [9.17, 15) is 0 Å². The predicted molar refractivity (Wildman–Crippen MR) is 74.7 cm³/mol. The van der Waals surface area contributed by atoms with Crippen LogP contribution < -0.4 is 5.32 Å². The summed E-state index contributed by atoms with van der Waals surface area (Å²) in [5.41, 5.74) is 0.323. The molecule has 2 aliphatic heterocycles. The van der Waals surface area contributed by atoms with E-state index in [0.717, 1.165) is 12.0 Å². The smallest absolute Gasteiger partial charge is 0.0687 e. The Morgan fingerprint density at radius 3 is 2.78 bits per heavy atom. The highest BCUT2D eigenvalue weighted by molar-refractivity contribution is 4.94. The summed E-state index contributed by atoms with van der Waals surface area (Å²) in [6, 6.07) is 0.727. The van der Waals surface area contributed by atoms with Crippen LogP contribution in [0.5, 0.6) is 0 Å². The maximum absolute atomic E-state index is 6.44. The SMILES string of the molecule is CCC1CCNC(CC2CCC3(CCCC3)O2)C1. The molecule has 0 aromatic rings. The van der Waals surface area contributed by atoms with Gasteiger partial charge in [0.25, 0.3) is 0 Å². The monoisotopic (exact) mass is 251 g/mol. The molecule has 3 atom stereocenters. The summed E-state index contributed by atoms with van der Waals surface area (Å²) in [4.78, 5) is 0. The summed E-state index contributed by atoms with van der Waals surface area (Å²) in [5.74, 6) is 0.957. The number of rotatable bonds is 3. The van der Waals surface area contributed by atoms with Crippen molar-refractivity contribution >= 4 is 0 Å². The highest BCUT2D eigenvalue weighted by Gasteiger charge is 2.42. The fourth-order valence-corrected chi connectivity index (χ4v) is 4.41. The minimum atomic E-state index is 0.323. The van der Waals surface area contributed by atoms with Crippen molar-refractivity contribution in [3.05, 3.63) is 0 Å². The van der Waals surface area contributed by atoms with Gasteiger partial charge < -0.3 is 10.1 Å². The van der Waals surface area contributed by atoms with E-state index in [1.165, 1.54) is 70.8 Å². The minimum absolute atomic E-state index is 0.323. The Balaban J connectivity index is 1.48. The maximum Gasteiger partial charge on any atom is 0.0687 e. The van der Waals surface area contributed by atoms with E-state index in [0.29, 0.717) is 11.7 Å². The van der Waals surface area contributed by atoms with Crippen LogP contribution in [-0.4, -0.2) is 24.3 Å². The molecule has 1 spiro atoms. The van der Waals surface area contributed by atoms with E-state index in [4.69, 9.17) is 4.74 Å². The summed E-state index contributed by atoms with van der Waals surface area (Å²) in [6.07, 6.45) is 14.0. The molecule has 0 radical (unpaired) electrons. The normalized spacial score (nSPS) is 39.5. The Hall–Kier alpha value is -0.0800. The average Bonchev–Trinajstić information content (AvgIpc) is 3.01. The van der Waals surface area contributed by atoms with Crippen molar-refractivity contribution in [2.75, 3.05) is 6.54 Å². The first-order chi connectivity index (χ1) is 8.80. The van der Waals surface area contributed by atoms with Crippen molar-refractivity contribution in [1.29, 1.82) is 0 Å². The molecule has 2 heteroatoms. The van der Waals surface area contributed by atoms with Crippen molar-refractivity contribution in [3.8, 4) is 0 Å². The second-order valence-corrected chi connectivity index (χ2v) is 6.85. The van der Waals surface area contributed by atoms with Crippen molar-refractivity contribution in [3.63, 3.8) is 0 Å². The zero-order valence-corrected chi connectivity index (χ0v) is 11.9. The number of ether oxygens (including phenoxy) is 1. The van der Waals surface area contributed by atoms with Gasteiger partial charge in [-0.15, -0.1) is 0 Å². The van der Waals surface area contributed by atoms with Gasteiger partial charge in [-0.25, -0.2) is 0 Å². The van der Waals surface area contributed by atoms with Crippen LogP contribution >= 0.6 is 0 Å². The zero-order chi connectivity index (χ0) is 12.4. The molecule has 3 aliphatic rings. The molecule has 3 rings (SSSR count). The summed E-state index contributed by atoms with van der Waals surface area (Å²) in [6.45, 7) is 3.56. The van der Waals surface area contributed by atoms with Crippen LogP contribution in [0.3, 0.4) is 0 Å². The van der Waals surface area contributed by atoms with Crippen LogP contribution in [0.1, 0.15) is 71.1 Å². The molecule has 0 bridgehead atoms. The van der Waals surface area contributed by atoms with Gasteiger partial charge in [-0.3, -0.25) is 0 Å². The third kappa shape index (κ3) is 2.75. The van der Waals surface area contributed by atoms with Crippen LogP contribution in [0.25, 0.3) is 0 Å². The topological polar surface area (TPSA) is 21.3 Å². The summed E-state index contributed by atoms with van der Waals surface area (Å²) in [5, 5.41) is 3.71. The predicted octanol–water partition coefficient (Wildman–Crippen LogP) is 3.65. The van der Waals surface area contributed by atoms with E-state index in [1.807, 2.05) is 0 Å². The van der Waals surface area contributed by atoms with Crippen molar-refractivity contribution in [2.45, 2.75) is 88.9 Å². The lowest BCUT2D eigenvalue weighted by molar-refractivity contribution is -0.0434. The molecule has 1 N–H and O–H groups in total. The molecule has 1 saturated carbocycles. The Labute approximate surface area is 112 Å². The Bertz CT molecular complexity index is 272. The average molecular weight is 251 g/mol. The fourth-order valence-electron chi connectivity index (χ4n) is 4.41. The third-order valence-corrected chi connectivity index (χ3v) is 5.58. The molecule has 0 aromatic heterocycles. The summed E-state index contributed by atoms with van der Waals surface area (Å²) < 4.78 is 6.44. The Kier molecular flexibility index (Phi) is 3.95. The van der Waals surface area contributed by atoms with Gasteiger partial charge in [0, 0.05) is 6.04 Å². The van der Waals surface area contributed by atoms with Gasteiger partial charge in [0.05, 0.1) is 11.7 Å². The molecule has 0 amide bonds. The first-order valence-electron chi connectivity index (χ1n) is 8.21.